The Bertz CT molecular complexity index is 81.3. The Morgan fingerprint density at radius 2 is 2.10 bits per heavy atom. The lowest BCUT2D eigenvalue weighted by molar-refractivity contribution is 0.519. The molecule has 0 rings (SSSR count). The zero-order chi connectivity index (χ0) is 7.82. The Balaban J connectivity index is 2.83. The molecule has 0 unspecified atom stereocenters. The second-order valence-corrected chi connectivity index (χ2v) is 2.92. The van der Waals surface area contributed by atoms with E-state index in [9.17, 15) is 4.79 Å². The molecule has 0 spiro atoms. The fourth-order valence-corrected chi connectivity index (χ4v) is 0.817. The summed E-state index contributed by atoms with van der Waals surface area (Å²) in [6.07, 6.45) is 5.18. The van der Waals surface area contributed by atoms with Gasteiger partial charge in [-0.25, -0.2) is 0 Å². The summed E-state index contributed by atoms with van der Waals surface area (Å²) in [6.45, 7) is 5.19. The average Bonchev–Trinajstić information content (AvgIpc) is 1.87. The van der Waals surface area contributed by atoms with Gasteiger partial charge in [0.25, 0.3) is 0 Å². The van der Waals surface area contributed by atoms with E-state index in [0.717, 1.165) is 18.9 Å². The van der Waals surface area contributed by atoms with Gasteiger partial charge in [-0.1, -0.05) is 26.7 Å². The summed E-state index contributed by atoms with van der Waals surface area (Å²) in [4.78, 5) is 9.67. The van der Waals surface area contributed by atoms with Gasteiger partial charge in [-0.05, 0) is 12.3 Å². The van der Waals surface area contributed by atoms with E-state index in [-0.39, 0.29) is 0 Å². The van der Waals surface area contributed by atoms with Crippen molar-refractivity contribution in [3.63, 3.8) is 0 Å². The third-order valence-electron chi connectivity index (χ3n) is 1.41. The van der Waals surface area contributed by atoms with Gasteiger partial charge in [0, 0.05) is 6.54 Å². The van der Waals surface area contributed by atoms with Crippen molar-refractivity contribution in [2.75, 3.05) is 6.54 Å². The molecule has 0 heterocycles. The topological polar surface area (TPSA) is 29.1 Å². The standard InChI is InChI=1S/C8H16NO/c1-8(2)5-3-4-6-9-7-10/h8H,3-6H2,1-2H3,(H,9,10). The van der Waals surface area contributed by atoms with Gasteiger partial charge in [-0.2, -0.15) is 0 Å². The van der Waals surface area contributed by atoms with Gasteiger partial charge in [0.1, 0.15) is 0 Å². The minimum atomic E-state index is 0.774. The normalized spacial score (nSPS) is 9.90. The maximum Gasteiger partial charge on any atom is 0.309 e. The van der Waals surface area contributed by atoms with Crippen molar-refractivity contribution in [2.45, 2.75) is 33.1 Å². The number of carbonyl (C=O) groups excluding carboxylic acids is 1. The van der Waals surface area contributed by atoms with E-state index in [1.165, 1.54) is 12.8 Å². The molecule has 59 valence electrons. The van der Waals surface area contributed by atoms with Gasteiger partial charge < -0.3 is 5.32 Å². The largest absolute Gasteiger partial charge is 0.348 e. The molecule has 2 heteroatoms. The average molecular weight is 142 g/mol. The summed E-state index contributed by atoms with van der Waals surface area (Å²) < 4.78 is 0. The molecule has 1 radical (unpaired) electrons. The second-order valence-electron chi connectivity index (χ2n) is 2.92. The van der Waals surface area contributed by atoms with Crippen molar-refractivity contribution in [3.05, 3.63) is 0 Å². The first-order valence-electron chi connectivity index (χ1n) is 3.87. The number of nitrogens with one attached hydrogen (secondary N) is 1. The third-order valence-corrected chi connectivity index (χ3v) is 1.41. The Kier molecular flexibility index (Phi) is 6.24. The lowest BCUT2D eigenvalue weighted by atomic mass is 10.1. The molecular formula is C8H16NO. The molecule has 0 saturated carbocycles. The maximum atomic E-state index is 9.67. The van der Waals surface area contributed by atoms with Crippen LogP contribution in [0.25, 0.3) is 0 Å². The highest BCUT2D eigenvalue weighted by Crippen LogP contribution is 2.04. The van der Waals surface area contributed by atoms with Crippen molar-refractivity contribution >= 4 is 6.41 Å². The van der Waals surface area contributed by atoms with Gasteiger partial charge in [0.05, 0.1) is 0 Å². The Hall–Kier alpha value is -0.530. The van der Waals surface area contributed by atoms with Crippen LogP contribution in [0.1, 0.15) is 33.1 Å². The molecule has 0 atom stereocenters. The molecule has 0 bridgehead atoms. The zero-order valence-electron chi connectivity index (χ0n) is 6.81. The summed E-state index contributed by atoms with van der Waals surface area (Å²) in [5.41, 5.74) is 0. The van der Waals surface area contributed by atoms with Crippen LogP contribution in [0.3, 0.4) is 0 Å². The predicted molar refractivity (Wildman–Crippen MR) is 42.4 cm³/mol. The van der Waals surface area contributed by atoms with Crippen LogP contribution in [-0.2, 0) is 4.79 Å². The maximum absolute atomic E-state index is 9.67. The SMILES string of the molecule is CC(C)CCCCN[C]=O. The Morgan fingerprint density at radius 1 is 1.40 bits per heavy atom. The van der Waals surface area contributed by atoms with Crippen LogP contribution in [0.5, 0.6) is 0 Å². The van der Waals surface area contributed by atoms with E-state index in [4.69, 9.17) is 0 Å². The number of hydrogen-bond donors (Lipinski definition) is 1. The van der Waals surface area contributed by atoms with Crippen LogP contribution in [0.2, 0.25) is 0 Å². The van der Waals surface area contributed by atoms with Crippen LogP contribution in [0.15, 0.2) is 0 Å². The molecule has 0 aliphatic heterocycles. The van der Waals surface area contributed by atoms with Crippen LogP contribution in [0, 0.1) is 5.92 Å². The summed E-state index contributed by atoms with van der Waals surface area (Å²) in [5, 5.41) is 2.52. The Morgan fingerprint density at radius 3 is 2.60 bits per heavy atom. The molecule has 0 aromatic carbocycles. The molecule has 0 aromatic heterocycles. The fourth-order valence-electron chi connectivity index (χ4n) is 0.817. The van der Waals surface area contributed by atoms with Crippen molar-refractivity contribution in [1.29, 1.82) is 0 Å². The summed E-state index contributed by atoms with van der Waals surface area (Å²) in [6, 6.07) is 0. The smallest absolute Gasteiger partial charge is 0.309 e. The summed E-state index contributed by atoms with van der Waals surface area (Å²) in [5.74, 6) is 0.778. The van der Waals surface area contributed by atoms with E-state index in [1.54, 1.807) is 6.41 Å². The van der Waals surface area contributed by atoms with Crippen molar-refractivity contribution < 1.29 is 4.79 Å². The first-order valence-corrected chi connectivity index (χ1v) is 3.87. The number of rotatable bonds is 6. The Labute approximate surface area is 63.0 Å². The number of hydrogen-bond acceptors (Lipinski definition) is 1. The minimum absolute atomic E-state index is 0.774. The molecule has 0 fully saturated rings. The second kappa shape index (κ2) is 6.59. The van der Waals surface area contributed by atoms with E-state index in [2.05, 4.69) is 19.2 Å². The van der Waals surface area contributed by atoms with Crippen molar-refractivity contribution in [2.24, 2.45) is 5.92 Å². The molecule has 0 aliphatic carbocycles. The number of unbranched alkanes of at least 4 members (excludes halogenated alkanes) is 1. The van der Waals surface area contributed by atoms with E-state index in [1.807, 2.05) is 0 Å². The molecule has 10 heavy (non-hydrogen) atoms. The fraction of sp³-hybridized carbons (Fsp3) is 0.875. The first-order chi connectivity index (χ1) is 4.77. The van der Waals surface area contributed by atoms with Crippen LogP contribution >= 0.6 is 0 Å². The molecule has 1 N–H and O–H groups in total. The highest BCUT2D eigenvalue weighted by Gasteiger charge is 1.92. The molecule has 2 nitrogen and oxygen atoms in total. The quantitative estimate of drug-likeness (QED) is 0.441. The lowest BCUT2D eigenvalue weighted by Crippen LogP contribution is -2.11. The van der Waals surface area contributed by atoms with Crippen molar-refractivity contribution in [3.8, 4) is 0 Å². The molecule has 1 amide bonds. The molecule has 0 aliphatic rings. The van der Waals surface area contributed by atoms with Crippen LogP contribution < -0.4 is 5.32 Å². The third kappa shape index (κ3) is 7.47. The summed E-state index contributed by atoms with van der Waals surface area (Å²) >= 11 is 0. The highest BCUT2D eigenvalue weighted by molar-refractivity contribution is 5.46. The van der Waals surface area contributed by atoms with Crippen LogP contribution in [0.4, 0.5) is 0 Å². The monoisotopic (exact) mass is 142 g/mol. The molecule has 0 aromatic rings. The highest BCUT2D eigenvalue weighted by atomic mass is 16.1. The predicted octanol–water partition coefficient (Wildman–Crippen LogP) is 1.47. The van der Waals surface area contributed by atoms with E-state index < -0.39 is 0 Å². The van der Waals surface area contributed by atoms with Crippen LogP contribution in [-0.4, -0.2) is 13.0 Å². The summed E-state index contributed by atoms with van der Waals surface area (Å²) in [7, 11) is 0. The van der Waals surface area contributed by atoms with Gasteiger partial charge in [0.2, 0.25) is 0 Å². The zero-order valence-corrected chi connectivity index (χ0v) is 6.81. The van der Waals surface area contributed by atoms with Gasteiger partial charge in [-0.15, -0.1) is 0 Å². The molecular weight excluding hydrogens is 126 g/mol. The molecule has 0 saturated heterocycles. The van der Waals surface area contributed by atoms with Gasteiger partial charge in [0.15, 0.2) is 0 Å². The number of amides is 1. The lowest BCUT2D eigenvalue weighted by Gasteiger charge is -2.02. The van der Waals surface area contributed by atoms with E-state index >= 15 is 0 Å². The first kappa shape index (κ1) is 9.47. The van der Waals surface area contributed by atoms with Gasteiger partial charge in [-0.3, -0.25) is 4.79 Å². The van der Waals surface area contributed by atoms with Gasteiger partial charge >= 0.3 is 6.41 Å². The van der Waals surface area contributed by atoms with E-state index in [0.29, 0.717) is 0 Å². The minimum Gasteiger partial charge on any atom is -0.348 e. The van der Waals surface area contributed by atoms with Crippen molar-refractivity contribution in [1.82, 2.24) is 5.32 Å².